The lowest BCUT2D eigenvalue weighted by atomic mass is 10.1. The predicted octanol–water partition coefficient (Wildman–Crippen LogP) is 2.46. The molecule has 0 aliphatic carbocycles. The minimum atomic E-state index is -3.75. The summed E-state index contributed by atoms with van der Waals surface area (Å²) in [7, 11) is -3.75. The molecule has 0 radical (unpaired) electrons. The first-order valence-corrected chi connectivity index (χ1v) is 8.36. The van der Waals surface area contributed by atoms with E-state index >= 15 is 0 Å². The van der Waals surface area contributed by atoms with Crippen molar-refractivity contribution in [3.8, 4) is 0 Å². The van der Waals surface area contributed by atoms with Crippen LogP contribution in [0, 0.1) is 0 Å². The van der Waals surface area contributed by atoms with Crippen LogP contribution in [-0.4, -0.2) is 26.5 Å². The van der Waals surface area contributed by atoms with Crippen LogP contribution in [0.15, 0.2) is 47.4 Å². The second-order valence-electron chi connectivity index (χ2n) is 5.92. The lowest BCUT2D eigenvalue weighted by molar-refractivity contribution is -0.153. The van der Waals surface area contributed by atoms with Gasteiger partial charge < -0.3 is 4.74 Å². The van der Waals surface area contributed by atoms with Crippen LogP contribution in [0.1, 0.15) is 20.8 Å². The topological polar surface area (TPSA) is 72.5 Å². The Hall–Kier alpha value is -1.92. The van der Waals surface area contributed by atoms with Gasteiger partial charge in [-0.15, -0.1) is 0 Å². The molecular formula is C16H19NO4S. The van der Waals surface area contributed by atoms with E-state index in [0.29, 0.717) is 0 Å². The molecular weight excluding hydrogens is 302 g/mol. The third-order valence-electron chi connectivity index (χ3n) is 2.86. The first kappa shape index (κ1) is 16.5. The lowest BCUT2D eigenvalue weighted by Gasteiger charge is -2.19. The van der Waals surface area contributed by atoms with E-state index in [-0.39, 0.29) is 4.90 Å². The number of carbonyl (C=O) groups is 1. The van der Waals surface area contributed by atoms with E-state index in [1.165, 1.54) is 6.07 Å². The first-order chi connectivity index (χ1) is 10.2. The third kappa shape index (κ3) is 4.29. The van der Waals surface area contributed by atoms with Crippen molar-refractivity contribution in [2.75, 3.05) is 6.54 Å². The van der Waals surface area contributed by atoms with Crippen molar-refractivity contribution in [1.29, 1.82) is 0 Å². The summed E-state index contributed by atoms with van der Waals surface area (Å²) < 4.78 is 31.8. The Balaban J connectivity index is 2.13. The van der Waals surface area contributed by atoms with Gasteiger partial charge in [-0.1, -0.05) is 30.3 Å². The normalized spacial score (nSPS) is 12.3. The Morgan fingerprint density at radius 1 is 1.09 bits per heavy atom. The summed E-state index contributed by atoms with van der Waals surface area (Å²) in [6.07, 6.45) is 0. The highest BCUT2D eigenvalue weighted by atomic mass is 32.2. The van der Waals surface area contributed by atoms with Crippen LogP contribution < -0.4 is 4.72 Å². The minimum absolute atomic E-state index is 0.120. The van der Waals surface area contributed by atoms with Crippen LogP contribution in [-0.2, 0) is 19.6 Å². The maximum Gasteiger partial charge on any atom is 0.321 e. The van der Waals surface area contributed by atoms with E-state index in [0.717, 1.165) is 10.8 Å². The van der Waals surface area contributed by atoms with Gasteiger partial charge in [-0.25, -0.2) is 8.42 Å². The van der Waals surface area contributed by atoms with E-state index in [2.05, 4.69) is 4.72 Å². The Bertz CT molecular complexity index is 791. The van der Waals surface area contributed by atoms with Crippen LogP contribution in [0.5, 0.6) is 0 Å². The van der Waals surface area contributed by atoms with Gasteiger partial charge in [-0.3, -0.25) is 4.79 Å². The van der Waals surface area contributed by atoms with E-state index < -0.39 is 28.1 Å². The van der Waals surface area contributed by atoms with E-state index in [1.54, 1.807) is 32.9 Å². The maximum atomic E-state index is 12.2. The molecule has 2 rings (SSSR count). The fourth-order valence-corrected chi connectivity index (χ4v) is 2.95. The second-order valence-corrected chi connectivity index (χ2v) is 7.69. The number of benzene rings is 2. The molecule has 0 aliphatic heterocycles. The quantitative estimate of drug-likeness (QED) is 0.878. The lowest BCUT2D eigenvalue weighted by Crippen LogP contribution is -2.34. The number of carbonyl (C=O) groups excluding carboxylic acids is 1. The van der Waals surface area contributed by atoms with Gasteiger partial charge in [0.25, 0.3) is 0 Å². The Labute approximate surface area is 130 Å². The molecule has 5 nitrogen and oxygen atoms in total. The molecule has 6 heteroatoms. The Kier molecular flexibility index (Phi) is 4.53. The van der Waals surface area contributed by atoms with Crippen molar-refractivity contribution in [1.82, 2.24) is 4.72 Å². The van der Waals surface area contributed by atoms with Gasteiger partial charge in [0.15, 0.2) is 0 Å². The van der Waals surface area contributed by atoms with E-state index in [4.69, 9.17) is 4.74 Å². The number of hydrogen-bond donors (Lipinski definition) is 1. The molecule has 0 heterocycles. The van der Waals surface area contributed by atoms with Gasteiger partial charge >= 0.3 is 5.97 Å². The zero-order chi connectivity index (χ0) is 16.4. The molecule has 0 spiro atoms. The van der Waals surface area contributed by atoms with Crippen molar-refractivity contribution >= 4 is 26.8 Å². The van der Waals surface area contributed by atoms with E-state index in [9.17, 15) is 13.2 Å². The highest BCUT2D eigenvalue weighted by molar-refractivity contribution is 7.89. The highest BCUT2D eigenvalue weighted by Gasteiger charge is 2.20. The molecule has 0 atom stereocenters. The SMILES string of the molecule is CC(C)(C)OC(=O)CNS(=O)(=O)c1ccc2ccccc2c1. The molecule has 0 bridgehead atoms. The third-order valence-corrected chi connectivity index (χ3v) is 4.26. The second kappa shape index (κ2) is 6.06. The largest absolute Gasteiger partial charge is 0.459 e. The van der Waals surface area contributed by atoms with Gasteiger partial charge in [0.05, 0.1) is 4.90 Å². The fourth-order valence-electron chi connectivity index (χ4n) is 1.95. The predicted molar refractivity (Wildman–Crippen MR) is 85.0 cm³/mol. The molecule has 0 unspecified atom stereocenters. The number of esters is 1. The van der Waals surface area contributed by atoms with Gasteiger partial charge in [0.1, 0.15) is 12.1 Å². The standard InChI is InChI=1S/C16H19NO4S/c1-16(2,3)21-15(18)11-17-22(19,20)14-9-8-12-6-4-5-7-13(12)10-14/h4-10,17H,11H2,1-3H3. The molecule has 0 amide bonds. The average molecular weight is 321 g/mol. The molecule has 0 aromatic heterocycles. The number of hydrogen-bond acceptors (Lipinski definition) is 4. The molecule has 2 aromatic rings. The van der Waals surface area contributed by atoms with Crippen LogP contribution in [0.2, 0.25) is 0 Å². The zero-order valence-corrected chi connectivity index (χ0v) is 13.6. The monoisotopic (exact) mass is 321 g/mol. The summed E-state index contributed by atoms with van der Waals surface area (Å²) in [6, 6.07) is 12.3. The summed E-state index contributed by atoms with van der Waals surface area (Å²) in [6.45, 7) is 4.78. The molecule has 0 aliphatic rings. The molecule has 22 heavy (non-hydrogen) atoms. The zero-order valence-electron chi connectivity index (χ0n) is 12.8. The average Bonchev–Trinajstić information content (AvgIpc) is 2.43. The number of fused-ring (bicyclic) bond motifs is 1. The Morgan fingerprint density at radius 2 is 1.73 bits per heavy atom. The van der Waals surface area contributed by atoms with Crippen molar-refractivity contribution in [3.05, 3.63) is 42.5 Å². The molecule has 118 valence electrons. The Morgan fingerprint density at radius 3 is 2.36 bits per heavy atom. The highest BCUT2D eigenvalue weighted by Crippen LogP contribution is 2.18. The van der Waals surface area contributed by atoms with Crippen LogP contribution in [0.3, 0.4) is 0 Å². The summed E-state index contributed by atoms with van der Waals surface area (Å²) >= 11 is 0. The van der Waals surface area contributed by atoms with Crippen LogP contribution >= 0.6 is 0 Å². The van der Waals surface area contributed by atoms with Crippen molar-refractivity contribution in [2.45, 2.75) is 31.3 Å². The summed E-state index contributed by atoms with van der Waals surface area (Å²) in [5.41, 5.74) is -0.647. The minimum Gasteiger partial charge on any atom is -0.459 e. The van der Waals surface area contributed by atoms with Crippen LogP contribution in [0.4, 0.5) is 0 Å². The smallest absolute Gasteiger partial charge is 0.321 e. The van der Waals surface area contributed by atoms with Crippen molar-refractivity contribution in [3.63, 3.8) is 0 Å². The molecule has 1 N–H and O–H groups in total. The van der Waals surface area contributed by atoms with Gasteiger partial charge in [-0.2, -0.15) is 4.72 Å². The number of rotatable bonds is 4. The molecule has 2 aromatic carbocycles. The number of sulfonamides is 1. The van der Waals surface area contributed by atoms with Crippen molar-refractivity contribution in [2.24, 2.45) is 0 Å². The number of nitrogens with one attached hydrogen (secondary N) is 1. The van der Waals surface area contributed by atoms with Crippen LogP contribution in [0.25, 0.3) is 10.8 Å². The van der Waals surface area contributed by atoms with Gasteiger partial charge in [0, 0.05) is 0 Å². The summed E-state index contributed by atoms with van der Waals surface area (Å²) in [4.78, 5) is 11.7. The number of ether oxygens (including phenoxy) is 1. The maximum absolute atomic E-state index is 12.2. The first-order valence-electron chi connectivity index (χ1n) is 6.88. The molecule has 0 fully saturated rings. The van der Waals surface area contributed by atoms with E-state index in [1.807, 2.05) is 24.3 Å². The van der Waals surface area contributed by atoms with Gasteiger partial charge in [0.2, 0.25) is 10.0 Å². The summed E-state index contributed by atoms with van der Waals surface area (Å²) in [5.74, 6) is -0.614. The molecule has 0 saturated heterocycles. The van der Waals surface area contributed by atoms with Gasteiger partial charge in [-0.05, 0) is 43.7 Å². The summed E-state index contributed by atoms with van der Waals surface area (Å²) in [5, 5.41) is 1.77. The molecule has 0 saturated carbocycles. The fraction of sp³-hybridized carbons (Fsp3) is 0.312. The van der Waals surface area contributed by atoms with Crippen molar-refractivity contribution < 1.29 is 17.9 Å².